The molecule has 0 unspecified atom stereocenters. The van der Waals surface area contributed by atoms with Crippen molar-refractivity contribution in [1.29, 1.82) is 0 Å². The Bertz CT molecular complexity index is 329. The summed E-state index contributed by atoms with van der Waals surface area (Å²) in [5, 5.41) is 0. The predicted molar refractivity (Wildman–Crippen MR) is 81.1 cm³/mol. The highest BCUT2D eigenvalue weighted by Gasteiger charge is 2.32. The highest BCUT2D eigenvalue weighted by atomic mass is 16.5. The molecule has 2 heterocycles. The van der Waals surface area contributed by atoms with E-state index in [1.807, 2.05) is 0 Å². The second-order valence-corrected chi connectivity index (χ2v) is 6.98. The van der Waals surface area contributed by atoms with Crippen LogP contribution in [0.3, 0.4) is 0 Å². The maximum atomic E-state index is 12.8. The molecular weight excluding hydrogens is 266 g/mol. The van der Waals surface area contributed by atoms with Gasteiger partial charge in [-0.1, -0.05) is 19.3 Å². The molecule has 0 N–H and O–H groups in total. The molecule has 1 amide bonds. The van der Waals surface area contributed by atoms with Crippen LogP contribution >= 0.6 is 0 Å². The summed E-state index contributed by atoms with van der Waals surface area (Å²) in [5.74, 6) is 1.47. The van der Waals surface area contributed by atoms with Crippen LogP contribution < -0.4 is 0 Å². The Morgan fingerprint density at radius 1 is 0.905 bits per heavy atom. The highest BCUT2D eigenvalue weighted by Crippen LogP contribution is 2.26. The Morgan fingerprint density at radius 2 is 1.71 bits per heavy atom. The number of hydrogen-bond acceptors (Lipinski definition) is 3. The zero-order valence-corrected chi connectivity index (χ0v) is 13.1. The largest absolute Gasteiger partial charge is 0.381 e. The standard InChI is InChI=1S/C17H29NO3/c19-17(16-7-4-9-21-16)18(12-15-8-10-20-13-15)11-14-5-2-1-3-6-14/h14-16H,1-13H2/t15-,16+/m1/s1. The molecular formula is C17H29NO3. The molecule has 0 aromatic rings. The van der Waals surface area contributed by atoms with E-state index in [0.29, 0.717) is 11.8 Å². The normalized spacial score (nSPS) is 30.7. The van der Waals surface area contributed by atoms with Crippen LogP contribution in [-0.2, 0) is 14.3 Å². The summed E-state index contributed by atoms with van der Waals surface area (Å²) in [7, 11) is 0. The minimum atomic E-state index is -0.170. The van der Waals surface area contributed by atoms with Crippen LogP contribution in [0.25, 0.3) is 0 Å². The van der Waals surface area contributed by atoms with Gasteiger partial charge in [-0.05, 0) is 38.0 Å². The zero-order chi connectivity index (χ0) is 14.5. The highest BCUT2D eigenvalue weighted by molar-refractivity contribution is 5.81. The molecule has 3 rings (SSSR count). The number of rotatable bonds is 5. The molecule has 3 aliphatic rings. The molecule has 120 valence electrons. The predicted octanol–water partition coefficient (Wildman–Crippen LogP) is 2.61. The van der Waals surface area contributed by atoms with Gasteiger partial charge in [0.15, 0.2) is 0 Å². The SMILES string of the molecule is O=C([C@@H]1CCCO1)N(CC1CCCCC1)C[C@H]1CCOC1. The van der Waals surface area contributed by atoms with Gasteiger partial charge in [0.1, 0.15) is 6.10 Å². The fourth-order valence-electron chi connectivity index (χ4n) is 3.95. The van der Waals surface area contributed by atoms with E-state index in [1.54, 1.807) is 0 Å². The molecule has 0 aromatic carbocycles. The summed E-state index contributed by atoms with van der Waals surface area (Å²) in [4.78, 5) is 14.9. The summed E-state index contributed by atoms with van der Waals surface area (Å²) in [6.07, 6.45) is 9.47. The quantitative estimate of drug-likeness (QED) is 0.782. The first-order valence-corrected chi connectivity index (χ1v) is 8.81. The third-order valence-corrected chi connectivity index (χ3v) is 5.22. The van der Waals surface area contributed by atoms with E-state index in [4.69, 9.17) is 9.47 Å². The van der Waals surface area contributed by atoms with Crippen molar-refractivity contribution in [3.63, 3.8) is 0 Å². The second kappa shape index (κ2) is 7.59. The lowest BCUT2D eigenvalue weighted by atomic mass is 9.88. The third-order valence-electron chi connectivity index (χ3n) is 5.22. The first-order valence-electron chi connectivity index (χ1n) is 8.81. The van der Waals surface area contributed by atoms with Gasteiger partial charge in [0.2, 0.25) is 0 Å². The summed E-state index contributed by atoms with van der Waals surface area (Å²) >= 11 is 0. The van der Waals surface area contributed by atoms with Crippen molar-refractivity contribution in [2.45, 2.75) is 57.5 Å². The number of hydrogen-bond donors (Lipinski definition) is 0. The molecule has 4 nitrogen and oxygen atoms in total. The Labute approximate surface area is 128 Å². The van der Waals surface area contributed by atoms with Gasteiger partial charge in [-0.2, -0.15) is 0 Å². The zero-order valence-electron chi connectivity index (χ0n) is 13.1. The van der Waals surface area contributed by atoms with E-state index < -0.39 is 0 Å². The third kappa shape index (κ3) is 4.19. The fourth-order valence-corrected chi connectivity index (χ4v) is 3.95. The van der Waals surface area contributed by atoms with Crippen LogP contribution in [0, 0.1) is 11.8 Å². The minimum Gasteiger partial charge on any atom is -0.381 e. The monoisotopic (exact) mass is 295 g/mol. The molecule has 3 fully saturated rings. The van der Waals surface area contributed by atoms with E-state index in [0.717, 1.165) is 52.2 Å². The smallest absolute Gasteiger partial charge is 0.251 e. The Kier molecular flexibility index (Phi) is 5.53. The van der Waals surface area contributed by atoms with Crippen LogP contribution in [0.5, 0.6) is 0 Å². The number of carbonyl (C=O) groups is 1. The van der Waals surface area contributed by atoms with Crippen LogP contribution in [0.15, 0.2) is 0 Å². The van der Waals surface area contributed by atoms with Crippen molar-refractivity contribution in [1.82, 2.24) is 4.90 Å². The second-order valence-electron chi connectivity index (χ2n) is 6.98. The van der Waals surface area contributed by atoms with Crippen molar-refractivity contribution in [2.24, 2.45) is 11.8 Å². The maximum Gasteiger partial charge on any atom is 0.251 e. The van der Waals surface area contributed by atoms with Gasteiger partial charge < -0.3 is 14.4 Å². The lowest BCUT2D eigenvalue weighted by Gasteiger charge is -2.32. The maximum absolute atomic E-state index is 12.8. The molecule has 2 saturated heterocycles. The Morgan fingerprint density at radius 3 is 2.38 bits per heavy atom. The molecule has 0 aromatic heterocycles. The summed E-state index contributed by atoms with van der Waals surface area (Å²) in [6, 6.07) is 0. The molecule has 0 radical (unpaired) electrons. The van der Waals surface area contributed by atoms with Gasteiger partial charge >= 0.3 is 0 Å². The first-order chi connectivity index (χ1) is 10.3. The Balaban J connectivity index is 1.59. The van der Waals surface area contributed by atoms with E-state index in [2.05, 4.69) is 4.90 Å². The van der Waals surface area contributed by atoms with Gasteiger partial charge in [0.25, 0.3) is 5.91 Å². The molecule has 4 heteroatoms. The van der Waals surface area contributed by atoms with E-state index in [9.17, 15) is 4.79 Å². The minimum absolute atomic E-state index is 0.170. The van der Waals surface area contributed by atoms with E-state index in [-0.39, 0.29) is 12.0 Å². The van der Waals surface area contributed by atoms with Crippen LogP contribution in [0.4, 0.5) is 0 Å². The average molecular weight is 295 g/mol. The number of carbonyl (C=O) groups excluding carboxylic acids is 1. The Hall–Kier alpha value is -0.610. The summed E-state index contributed by atoms with van der Waals surface area (Å²) in [5.41, 5.74) is 0. The van der Waals surface area contributed by atoms with Gasteiger partial charge in [-0.3, -0.25) is 4.79 Å². The van der Waals surface area contributed by atoms with E-state index in [1.165, 1.54) is 32.1 Å². The molecule has 0 spiro atoms. The first kappa shape index (κ1) is 15.3. The molecule has 2 aliphatic heterocycles. The van der Waals surface area contributed by atoms with Crippen molar-refractivity contribution in [2.75, 3.05) is 32.9 Å². The van der Waals surface area contributed by atoms with Gasteiger partial charge in [-0.15, -0.1) is 0 Å². The lowest BCUT2D eigenvalue weighted by molar-refractivity contribution is -0.142. The molecule has 1 aliphatic carbocycles. The van der Waals surface area contributed by atoms with Gasteiger partial charge in [-0.25, -0.2) is 0 Å². The van der Waals surface area contributed by atoms with Crippen LogP contribution in [0.2, 0.25) is 0 Å². The summed E-state index contributed by atoms with van der Waals surface area (Å²) in [6.45, 7) is 4.24. The number of nitrogens with zero attached hydrogens (tertiary/aromatic N) is 1. The molecule has 1 saturated carbocycles. The molecule has 2 atom stereocenters. The number of amides is 1. The molecule has 21 heavy (non-hydrogen) atoms. The van der Waals surface area contributed by atoms with Crippen LogP contribution in [0.1, 0.15) is 51.4 Å². The molecule has 0 bridgehead atoms. The number of ether oxygens (including phenoxy) is 2. The van der Waals surface area contributed by atoms with E-state index >= 15 is 0 Å². The van der Waals surface area contributed by atoms with Crippen molar-refractivity contribution in [3.8, 4) is 0 Å². The fraction of sp³-hybridized carbons (Fsp3) is 0.941. The van der Waals surface area contributed by atoms with Crippen molar-refractivity contribution < 1.29 is 14.3 Å². The average Bonchev–Trinajstić information content (AvgIpc) is 3.20. The summed E-state index contributed by atoms with van der Waals surface area (Å²) < 4.78 is 11.1. The lowest BCUT2D eigenvalue weighted by Crippen LogP contribution is -2.44. The topological polar surface area (TPSA) is 38.8 Å². The van der Waals surface area contributed by atoms with Gasteiger partial charge in [0, 0.05) is 32.2 Å². The van der Waals surface area contributed by atoms with Crippen molar-refractivity contribution >= 4 is 5.91 Å². The van der Waals surface area contributed by atoms with Crippen molar-refractivity contribution in [3.05, 3.63) is 0 Å². The van der Waals surface area contributed by atoms with Crippen LogP contribution in [-0.4, -0.2) is 49.8 Å². The van der Waals surface area contributed by atoms with Gasteiger partial charge in [0.05, 0.1) is 6.61 Å².